The zero-order valence-corrected chi connectivity index (χ0v) is 16.4. The Labute approximate surface area is 160 Å². The van der Waals surface area contributed by atoms with Gasteiger partial charge in [0.2, 0.25) is 0 Å². The van der Waals surface area contributed by atoms with E-state index in [0.29, 0.717) is 23.7 Å². The molecule has 0 spiro atoms. The second-order valence-corrected chi connectivity index (χ2v) is 7.85. The second-order valence-electron chi connectivity index (χ2n) is 5.19. The molecule has 0 aliphatic carbocycles. The second kappa shape index (κ2) is 9.26. The van der Waals surface area contributed by atoms with Gasteiger partial charge in [-0.3, -0.25) is 9.69 Å². The van der Waals surface area contributed by atoms with Gasteiger partial charge < -0.3 is 9.84 Å². The van der Waals surface area contributed by atoms with Crippen molar-refractivity contribution in [3.63, 3.8) is 0 Å². The van der Waals surface area contributed by atoms with E-state index in [2.05, 4.69) is 0 Å². The number of hydrogen-bond acceptors (Lipinski definition) is 6. The van der Waals surface area contributed by atoms with Crippen LogP contribution in [-0.2, 0) is 9.59 Å². The summed E-state index contributed by atoms with van der Waals surface area (Å²) in [6.45, 7) is 2.50. The molecule has 0 unspecified atom stereocenters. The van der Waals surface area contributed by atoms with Gasteiger partial charge in [0, 0.05) is 0 Å². The number of aliphatic carboxylic acids is 1. The highest BCUT2D eigenvalue weighted by Crippen LogP contribution is 2.35. The van der Waals surface area contributed by atoms with Crippen molar-refractivity contribution in [2.45, 2.75) is 19.4 Å². The molecule has 1 aromatic carbocycles. The van der Waals surface area contributed by atoms with E-state index in [1.807, 2.05) is 37.4 Å². The Balaban J connectivity index is 2.20. The Morgan fingerprint density at radius 1 is 1.44 bits per heavy atom. The van der Waals surface area contributed by atoms with Crippen molar-refractivity contribution in [3.05, 3.63) is 34.7 Å². The average Bonchev–Trinajstić information content (AvgIpc) is 2.84. The summed E-state index contributed by atoms with van der Waals surface area (Å²) in [5.41, 5.74) is 0.833. The maximum Gasteiger partial charge on any atom is 0.326 e. The van der Waals surface area contributed by atoms with Crippen LogP contribution >= 0.6 is 35.7 Å². The molecule has 1 fully saturated rings. The lowest BCUT2D eigenvalue weighted by molar-refractivity contribution is -0.145. The summed E-state index contributed by atoms with van der Waals surface area (Å²) >= 11 is 7.93. The van der Waals surface area contributed by atoms with Crippen molar-refractivity contribution in [1.29, 1.82) is 0 Å². The van der Waals surface area contributed by atoms with Crippen LogP contribution in [0, 0.1) is 0 Å². The SMILES string of the molecule is CCOc1ccc(/C=C2/SC(=S)N([C@H](CCSC)C(=O)O)C2=O)cc1. The predicted molar refractivity (Wildman–Crippen MR) is 107 cm³/mol. The Bertz CT molecular complexity index is 688. The maximum absolute atomic E-state index is 12.7. The number of ether oxygens (including phenoxy) is 1. The number of thiocarbonyl (C=S) groups is 1. The number of hydrogen-bond donors (Lipinski definition) is 1. The van der Waals surface area contributed by atoms with E-state index in [9.17, 15) is 14.7 Å². The molecule has 1 atom stereocenters. The summed E-state index contributed by atoms with van der Waals surface area (Å²) < 4.78 is 5.68. The van der Waals surface area contributed by atoms with Crippen molar-refractivity contribution in [2.24, 2.45) is 0 Å². The molecule has 25 heavy (non-hydrogen) atoms. The minimum Gasteiger partial charge on any atom is -0.494 e. The van der Waals surface area contributed by atoms with Crippen LogP contribution in [0.2, 0.25) is 0 Å². The molecule has 1 amide bonds. The molecule has 134 valence electrons. The van der Waals surface area contributed by atoms with Crippen molar-refractivity contribution in [2.75, 3.05) is 18.6 Å². The number of carboxylic acid groups (broad SMARTS) is 1. The first-order valence-corrected chi connectivity index (χ1v) is 10.3. The Morgan fingerprint density at radius 3 is 2.68 bits per heavy atom. The largest absolute Gasteiger partial charge is 0.494 e. The molecule has 2 rings (SSSR count). The summed E-state index contributed by atoms with van der Waals surface area (Å²) in [7, 11) is 0. The summed E-state index contributed by atoms with van der Waals surface area (Å²) in [6.07, 6.45) is 3.98. The standard InChI is InChI=1S/C17H19NO4S3/c1-3-22-12-6-4-11(5-7-12)10-14-15(19)18(17(23)25-14)13(16(20)21)8-9-24-2/h4-7,10,13H,3,8-9H2,1-2H3,(H,20,21)/b14-10+/t13-/m1/s1. The molecule has 1 saturated heterocycles. The number of amides is 1. The monoisotopic (exact) mass is 397 g/mol. The van der Waals surface area contributed by atoms with Gasteiger partial charge in [0.05, 0.1) is 11.5 Å². The molecule has 5 nitrogen and oxygen atoms in total. The van der Waals surface area contributed by atoms with Gasteiger partial charge in [-0.05, 0) is 49.1 Å². The van der Waals surface area contributed by atoms with Gasteiger partial charge in [-0.25, -0.2) is 4.79 Å². The fourth-order valence-corrected chi connectivity index (χ4v) is 4.14. The van der Waals surface area contributed by atoms with Crippen molar-refractivity contribution < 1.29 is 19.4 Å². The van der Waals surface area contributed by atoms with Crippen molar-refractivity contribution >= 4 is 58.0 Å². The first kappa shape index (κ1) is 19.8. The lowest BCUT2D eigenvalue weighted by Crippen LogP contribution is -2.44. The molecule has 1 aliphatic rings. The van der Waals surface area contributed by atoms with E-state index in [-0.39, 0.29) is 10.2 Å². The van der Waals surface area contributed by atoms with Gasteiger partial charge in [0.15, 0.2) is 0 Å². The number of benzene rings is 1. The van der Waals surface area contributed by atoms with E-state index < -0.39 is 12.0 Å². The molecule has 0 bridgehead atoms. The highest BCUT2D eigenvalue weighted by Gasteiger charge is 2.40. The summed E-state index contributed by atoms with van der Waals surface area (Å²) in [4.78, 5) is 25.9. The summed E-state index contributed by atoms with van der Waals surface area (Å²) in [5.74, 6) is 0.0200. The van der Waals surface area contributed by atoms with E-state index in [1.54, 1.807) is 6.08 Å². The Morgan fingerprint density at radius 2 is 2.12 bits per heavy atom. The third-order valence-corrected chi connectivity index (χ3v) is 5.48. The van der Waals surface area contributed by atoms with Crippen LogP contribution in [0.25, 0.3) is 6.08 Å². The van der Waals surface area contributed by atoms with Gasteiger partial charge in [-0.2, -0.15) is 11.8 Å². The quantitative estimate of drug-likeness (QED) is 0.532. The fourth-order valence-electron chi connectivity index (χ4n) is 2.32. The summed E-state index contributed by atoms with van der Waals surface area (Å²) in [6, 6.07) is 6.43. The number of thioether (sulfide) groups is 2. The van der Waals surface area contributed by atoms with E-state index in [0.717, 1.165) is 23.1 Å². The van der Waals surface area contributed by atoms with Gasteiger partial charge in [-0.1, -0.05) is 36.1 Å². The third-order valence-electron chi connectivity index (χ3n) is 3.50. The van der Waals surface area contributed by atoms with Crippen LogP contribution in [0.5, 0.6) is 5.75 Å². The number of carbonyl (C=O) groups is 2. The zero-order chi connectivity index (χ0) is 18.4. The van der Waals surface area contributed by atoms with Gasteiger partial charge >= 0.3 is 5.97 Å². The minimum absolute atomic E-state index is 0.288. The molecular formula is C17H19NO4S3. The fraction of sp³-hybridized carbons (Fsp3) is 0.353. The predicted octanol–water partition coefficient (Wildman–Crippen LogP) is 3.49. The lowest BCUT2D eigenvalue weighted by Gasteiger charge is -2.22. The zero-order valence-electron chi connectivity index (χ0n) is 13.9. The normalized spacial score (nSPS) is 17.2. The Kier molecular flexibility index (Phi) is 7.34. The number of nitrogens with zero attached hydrogens (tertiary/aromatic N) is 1. The summed E-state index contributed by atoms with van der Waals surface area (Å²) in [5, 5.41) is 9.45. The van der Waals surface area contributed by atoms with Gasteiger partial charge in [0.1, 0.15) is 16.1 Å². The topological polar surface area (TPSA) is 66.8 Å². The highest BCUT2D eigenvalue weighted by atomic mass is 32.2. The molecule has 8 heteroatoms. The molecule has 1 N–H and O–H groups in total. The van der Waals surface area contributed by atoms with E-state index in [4.69, 9.17) is 17.0 Å². The number of rotatable bonds is 8. The number of carboxylic acids is 1. The first-order chi connectivity index (χ1) is 12.0. The molecule has 0 aromatic heterocycles. The molecule has 1 aromatic rings. The van der Waals surface area contributed by atoms with Crippen LogP contribution in [0.1, 0.15) is 18.9 Å². The van der Waals surface area contributed by atoms with E-state index in [1.165, 1.54) is 16.7 Å². The average molecular weight is 398 g/mol. The minimum atomic E-state index is -1.03. The Hall–Kier alpha value is -1.51. The van der Waals surface area contributed by atoms with Gasteiger partial charge in [0.25, 0.3) is 5.91 Å². The third kappa shape index (κ3) is 4.99. The molecule has 0 saturated carbocycles. The maximum atomic E-state index is 12.7. The highest BCUT2D eigenvalue weighted by molar-refractivity contribution is 8.26. The molecule has 1 heterocycles. The lowest BCUT2D eigenvalue weighted by atomic mass is 10.1. The van der Waals surface area contributed by atoms with Crippen LogP contribution in [0.15, 0.2) is 29.2 Å². The van der Waals surface area contributed by atoms with Crippen LogP contribution in [-0.4, -0.2) is 50.9 Å². The van der Waals surface area contributed by atoms with Crippen molar-refractivity contribution in [3.8, 4) is 5.75 Å². The smallest absolute Gasteiger partial charge is 0.326 e. The molecular weight excluding hydrogens is 378 g/mol. The molecule has 1 aliphatic heterocycles. The van der Waals surface area contributed by atoms with Crippen LogP contribution in [0.3, 0.4) is 0 Å². The van der Waals surface area contributed by atoms with Crippen molar-refractivity contribution in [1.82, 2.24) is 4.90 Å². The molecule has 0 radical (unpaired) electrons. The van der Waals surface area contributed by atoms with Crippen LogP contribution in [0.4, 0.5) is 0 Å². The van der Waals surface area contributed by atoms with E-state index >= 15 is 0 Å². The first-order valence-electron chi connectivity index (χ1n) is 7.69. The van der Waals surface area contributed by atoms with Crippen LogP contribution < -0.4 is 4.74 Å². The number of carbonyl (C=O) groups excluding carboxylic acids is 1. The van der Waals surface area contributed by atoms with Gasteiger partial charge in [-0.15, -0.1) is 0 Å².